The number of aromatic nitrogens is 2. The van der Waals surface area contributed by atoms with Crippen LogP contribution in [0.1, 0.15) is 24.5 Å². The number of nitrogens with zero attached hydrogens (tertiary/aromatic N) is 3. The maximum Gasteiger partial charge on any atom is 0.296 e. The van der Waals surface area contributed by atoms with E-state index in [1.54, 1.807) is 11.9 Å². The zero-order valence-corrected chi connectivity index (χ0v) is 15.6. The zero-order chi connectivity index (χ0) is 19.8. The first-order valence-corrected chi connectivity index (χ1v) is 8.70. The molecule has 0 radical (unpaired) electrons. The summed E-state index contributed by atoms with van der Waals surface area (Å²) >= 11 is 0. The molecule has 0 spiro atoms. The standard InChI is InChI=1S/C19H23F2N5O/c1-11-4-6-13(7-5-11)17-24-16(23)15(12(2)22)18(25-17)27-14-8-9-26(3)10-19(14,20)21/h4-7,14,22H,8-10H2,1-3H3,(H2,23,24,25). The van der Waals surface area contributed by atoms with Crippen LogP contribution in [0.2, 0.25) is 0 Å². The summed E-state index contributed by atoms with van der Waals surface area (Å²) in [5.41, 5.74) is 8.00. The maximum atomic E-state index is 14.4. The third-order valence-corrected chi connectivity index (χ3v) is 4.57. The van der Waals surface area contributed by atoms with Crippen molar-refractivity contribution in [1.29, 1.82) is 5.41 Å². The number of hydrogen-bond donors (Lipinski definition) is 2. The molecule has 2 aromatic rings. The number of hydrogen-bond acceptors (Lipinski definition) is 6. The van der Waals surface area contributed by atoms with Crippen LogP contribution >= 0.6 is 0 Å². The second-order valence-corrected chi connectivity index (χ2v) is 7.00. The molecule has 1 aliphatic rings. The van der Waals surface area contributed by atoms with Crippen molar-refractivity contribution in [1.82, 2.24) is 14.9 Å². The van der Waals surface area contributed by atoms with Gasteiger partial charge in [-0.25, -0.2) is 13.8 Å². The first-order valence-electron chi connectivity index (χ1n) is 8.70. The summed E-state index contributed by atoms with van der Waals surface area (Å²) in [5, 5.41) is 7.93. The minimum absolute atomic E-state index is 0.0410. The normalized spacial score (nSPS) is 19.7. The first-order chi connectivity index (χ1) is 12.7. The predicted octanol–water partition coefficient (Wildman–Crippen LogP) is 3.14. The lowest BCUT2D eigenvalue weighted by Crippen LogP contribution is -2.52. The second kappa shape index (κ2) is 7.19. The Hall–Kier alpha value is -2.61. The number of likely N-dealkylation sites (tertiary alicyclic amines) is 1. The fraction of sp³-hybridized carbons (Fsp3) is 0.421. The van der Waals surface area contributed by atoms with E-state index in [1.807, 2.05) is 31.2 Å². The van der Waals surface area contributed by atoms with E-state index >= 15 is 0 Å². The van der Waals surface area contributed by atoms with Gasteiger partial charge in [0.25, 0.3) is 5.92 Å². The molecule has 3 N–H and O–H groups in total. The highest BCUT2D eigenvalue weighted by Gasteiger charge is 2.46. The lowest BCUT2D eigenvalue weighted by molar-refractivity contribution is -0.136. The number of alkyl halides is 2. The molecule has 0 bridgehead atoms. The van der Waals surface area contributed by atoms with Gasteiger partial charge in [0.15, 0.2) is 11.9 Å². The molecule has 0 saturated carbocycles. The van der Waals surface area contributed by atoms with Crippen molar-refractivity contribution in [2.75, 3.05) is 25.9 Å². The number of nitrogens with two attached hydrogens (primary N) is 1. The molecule has 0 aliphatic carbocycles. The van der Waals surface area contributed by atoms with Gasteiger partial charge in [-0.05, 0) is 20.9 Å². The van der Waals surface area contributed by atoms with Crippen LogP contribution < -0.4 is 10.5 Å². The van der Waals surface area contributed by atoms with Crippen LogP contribution in [0.3, 0.4) is 0 Å². The van der Waals surface area contributed by atoms with Gasteiger partial charge in [0.1, 0.15) is 5.82 Å². The van der Waals surface area contributed by atoms with Crippen molar-refractivity contribution >= 4 is 11.5 Å². The van der Waals surface area contributed by atoms with E-state index in [2.05, 4.69) is 9.97 Å². The topological polar surface area (TPSA) is 88.1 Å². The van der Waals surface area contributed by atoms with Crippen molar-refractivity contribution in [2.45, 2.75) is 32.3 Å². The molecule has 1 aromatic carbocycles. The molecule has 1 unspecified atom stereocenters. The van der Waals surface area contributed by atoms with Gasteiger partial charge in [-0.2, -0.15) is 4.98 Å². The first kappa shape index (κ1) is 19.2. The Labute approximate surface area is 156 Å². The average Bonchev–Trinajstić information content (AvgIpc) is 2.56. The number of rotatable bonds is 4. The van der Waals surface area contributed by atoms with Crippen molar-refractivity contribution in [3.8, 4) is 17.3 Å². The average molecular weight is 375 g/mol. The molecule has 1 fully saturated rings. The van der Waals surface area contributed by atoms with Crippen molar-refractivity contribution < 1.29 is 13.5 Å². The Kier molecular flexibility index (Phi) is 5.10. The summed E-state index contributed by atoms with van der Waals surface area (Å²) in [6.45, 7) is 3.56. The van der Waals surface area contributed by atoms with Crippen molar-refractivity contribution in [2.24, 2.45) is 0 Å². The fourth-order valence-corrected chi connectivity index (χ4v) is 3.10. The van der Waals surface area contributed by atoms with Gasteiger partial charge >= 0.3 is 0 Å². The van der Waals surface area contributed by atoms with Crippen LogP contribution in [0.25, 0.3) is 11.4 Å². The Balaban J connectivity index is 2.01. The molecule has 8 heteroatoms. The van der Waals surface area contributed by atoms with Gasteiger partial charge in [0.05, 0.1) is 12.1 Å². The number of aryl methyl sites for hydroxylation is 1. The predicted molar refractivity (Wildman–Crippen MR) is 101 cm³/mol. The van der Waals surface area contributed by atoms with Crippen molar-refractivity contribution in [3.05, 3.63) is 35.4 Å². The molecule has 0 amide bonds. The summed E-state index contributed by atoms with van der Waals surface area (Å²) in [6.07, 6.45) is -1.17. The van der Waals surface area contributed by atoms with Crippen molar-refractivity contribution in [3.63, 3.8) is 0 Å². The molecule has 6 nitrogen and oxygen atoms in total. The van der Waals surface area contributed by atoms with Crippen LogP contribution in [0.15, 0.2) is 24.3 Å². The van der Waals surface area contributed by atoms with E-state index in [0.717, 1.165) is 5.56 Å². The number of ether oxygens (including phenoxy) is 1. The number of halogens is 2. The molecule has 1 aromatic heterocycles. The minimum atomic E-state index is -3.02. The van der Waals surface area contributed by atoms with Crippen LogP contribution in [-0.2, 0) is 0 Å². The number of nitrogens with one attached hydrogen (secondary N) is 1. The van der Waals surface area contributed by atoms with E-state index in [1.165, 1.54) is 6.92 Å². The van der Waals surface area contributed by atoms with Gasteiger partial charge in [-0.15, -0.1) is 0 Å². The molecular formula is C19H23F2N5O. The van der Waals surface area contributed by atoms with E-state index in [4.69, 9.17) is 15.9 Å². The number of benzene rings is 1. The summed E-state index contributed by atoms with van der Waals surface area (Å²) in [7, 11) is 1.65. The van der Waals surface area contributed by atoms with Gasteiger partial charge < -0.3 is 20.8 Å². The third kappa shape index (κ3) is 4.05. The maximum absolute atomic E-state index is 14.4. The van der Waals surface area contributed by atoms with E-state index < -0.39 is 12.0 Å². The molecule has 1 saturated heterocycles. The van der Waals surface area contributed by atoms with Gasteiger partial charge in [0.2, 0.25) is 5.88 Å². The molecule has 2 heterocycles. The Morgan fingerprint density at radius 3 is 2.56 bits per heavy atom. The van der Waals surface area contributed by atoms with Gasteiger partial charge in [0, 0.05) is 24.2 Å². The third-order valence-electron chi connectivity index (χ3n) is 4.57. The van der Waals surface area contributed by atoms with E-state index in [9.17, 15) is 8.78 Å². The smallest absolute Gasteiger partial charge is 0.296 e. The van der Waals surface area contributed by atoms with Crippen LogP contribution in [0.4, 0.5) is 14.6 Å². The van der Waals surface area contributed by atoms with Crippen LogP contribution in [-0.4, -0.2) is 52.7 Å². The van der Waals surface area contributed by atoms with Crippen LogP contribution in [0.5, 0.6) is 5.88 Å². The lowest BCUT2D eigenvalue weighted by Gasteiger charge is -2.36. The summed E-state index contributed by atoms with van der Waals surface area (Å²) < 4.78 is 34.5. The molecule has 27 heavy (non-hydrogen) atoms. The zero-order valence-electron chi connectivity index (χ0n) is 15.6. The van der Waals surface area contributed by atoms with E-state index in [0.29, 0.717) is 12.1 Å². The molecule has 3 rings (SSSR count). The largest absolute Gasteiger partial charge is 0.467 e. The summed E-state index contributed by atoms with van der Waals surface area (Å²) in [6, 6.07) is 7.45. The molecule has 1 atom stereocenters. The Morgan fingerprint density at radius 1 is 1.30 bits per heavy atom. The molecular weight excluding hydrogens is 352 g/mol. The van der Waals surface area contributed by atoms with Gasteiger partial charge in [-0.1, -0.05) is 29.8 Å². The quantitative estimate of drug-likeness (QED) is 0.802. The lowest BCUT2D eigenvalue weighted by atomic mass is 10.0. The minimum Gasteiger partial charge on any atom is -0.467 e. The highest BCUT2D eigenvalue weighted by molar-refractivity contribution is 6.02. The second-order valence-electron chi connectivity index (χ2n) is 7.00. The fourth-order valence-electron chi connectivity index (χ4n) is 3.10. The SMILES string of the molecule is CC(=N)c1c(N)nc(-c2ccc(C)cc2)nc1OC1CCN(C)CC1(F)F. The van der Waals surface area contributed by atoms with Crippen LogP contribution in [0, 0.1) is 12.3 Å². The summed E-state index contributed by atoms with van der Waals surface area (Å²) in [5.74, 6) is -2.77. The number of nitrogen functional groups attached to an aromatic ring is 1. The molecule has 1 aliphatic heterocycles. The Bertz CT molecular complexity index is 854. The number of anilines is 1. The summed E-state index contributed by atoms with van der Waals surface area (Å²) in [4.78, 5) is 10.1. The highest BCUT2D eigenvalue weighted by Crippen LogP contribution is 2.33. The highest BCUT2D eigenvalue weighted by atomic mass is 19.3. The molecule has 144 valence electrons. The van der Waals surface area contributed by atoms with Gasteiger partial charge in [-0.3, -0.25) is 0 Å². The number of piperidine rings is 1. The van der Waals surface area contributed by atoms with E-state index in [-0.39, 0.29) is 41.8 Å². The monoisotopic (exact) mass is 375 g/mol. The Morgan fingerprint density at radius 2 is 1.96 bits per heavy atom.